The Bertz CT molecular complexity index is 550. The lowest BCUT2D eigenvalue weighted by molar-refractivity contribution is 0.533. The van der Waals surface area contributed by atoms with Gasteiger partial charge in [0.1, 0.15) is 5.52 Å². The number of nitrogens with zero attached hydrogens (tertiary/aromatic N) is 1. The summed E-state index contributed by atoms with van der Waals surface area (Å²) >= 11 is 0. The molecule has 1 saturated carbocycles. The summed E-state index contributed by atoms with van der Waals surface area (Å²) in [6.07, 6.45) is 4.99. The molecule has 0 radical (unpaired) electrons. The van der Waals surface area contributed by atoms with Crippen molar-refractivity contribution in [3.8, 4) is 0 Å². The normalized spacial score (nSPS) is 24.6. The molecule has 17 heavy (non-hydrogen) atoms. The molecule has 2 aromatic rings. The number of benzene rings is 1. The van der Waals surface area contributed by atoms with E-state index in [-0.39, 0.29) is 0 Å². The molecular weight excluding hydrogens is 212 g/mol. The van der Waals surface area contributed by atoms with Gasteiger partial charge in [-0.05, 0) is 49.9 Å². The highest BCUT2D eigenvalue weighted by Crippen LogP contribution is 2.40. The van der Waals surface area contributed by atoms with E-state index in [1.165, 1.54) is 31.2 Å². The second-order valence-electron chi connectivity index (χ2n) is 5.20. The molecule has 2 fully saturated rings. The molecule has 1 aliphatic heterocycles. The largest absolute Gasteiger partial charge is 0.440 e. The SMILES string of the molecule is c1cc2oc(C3CC3)nc2cc1C1CCCN1. The second-order valence-corrected chi connectivity index (χ2v) is 5.20. The fourth-order valence-electron chi connectivity index (χ4n) is 2.65. The lowest BCUT2D eigenvalue weighted by Gasteiger charge is -2.09. The van der Waals surface area contributed by atoms with E-state index in [1.54, 1.807) is 0 Å². The van der Waals surface area contributed by atoms with Crippen LogP contribution in [-0.4, -0.2) is 11.5 Å². The molecule has 1 unspecified atom stereocenters. The maximum Gasteiger partial charge on any atom is 0.198 e. The number of aromatic nitrogens is 1. The highest BCUT2D eigenvalue weighted by molar-refractivity contribution is 5.73. The van der Waals surface area contributed by atoms with Crippen LogP contribution in [0.3, 0.4) is 0 Å². The molecule has 1 atom stereocenters. The summed E-state index contributed by atoms with van der Waals surface area (Å²) < 4.78 is 5.78. The van der Waals surface area contributed by atoms with Crippen molar-refractivity contribution >= 4 is 11.1 Å². The third kappa shape index (κ3) is 1.65. The van der Waals surface area contributed by atoms with Gasteiger partial charge in [-0.1, -0.05) is 6.07 Å². The number of rotatable bonds is 2. The molecule has 0 bridgehead atoms. The zero-order chi connectivity index (χ0) is 11.2. The van der Waals surface area contributed by atoms with Crippen LogP contribution in [0.2, 0.25) is 0 Å². The van der Waals surface area contributed by atoms with Gasteiger partial charge in [0.25, 0.3) is 0 Å². The lowest BCUT2D eigenvalue weighted by Crippen LogP contribution is -2.12. The van der Waals surface area contributed by atoms with E-state index in [9.17, 15) is 0 Å². The summed E-state index contributed by atoms with van der Waals surface area (Å²) in [4.78, 5) is 4.61. The van der Waals surface area contributed by atoms with Crippen LogP contribution in [-0.2, 0) is 0 Å². The summed E-state index contributed by atoms with van der Waals surface area (Å²) in [5, 5.41) is 3.52. The van der Waals surface area contributed by atoms with Crippen molar-refractivity contribution in [3.63, 3.8) is 0 Å². The van der Waals surface area contributed by atoms with Crippen molar-refractivity contribution in [1.82, 2.24) is 10.3 Å². The van der Waals surface area contributed by atoms with Gasteiger partial charge in [0, 0.05) is 12.0 Å². The predicted octanol–water partition coefficient (Wildman–Crippen LogP) is 3.13. The van der Waals surface area contributed by atoms with Crippen molar-refractivity contribution < 1.29 is 4.42 Å². The number of nitrogens with one attached hydrogen (secondary N) is 1. The van der Waals surface area contributed by atoms with Crippen LogP contribution in [0.15, 0.2) is 22.6 Å². The van der Waals surface area contributed by atoms with E-state index in [4.69, 9.17) is 4.42 Å². The van der Waals surface area contributed by atoms with Crippen molar-refractivity contribution in [2.24, 2.45) is 0 Å². The van der Waals surface area contributed by atoms with E-state index in [0.717, 1.165) is 23.5 Å². The zero-order valence-electron chi connectivity index (χ0n) is 9.78. The van der Waals surface area contributed by atoms with Crippen LogP contribution < -0.4 is 5.32 Å². The van der Waals surface area contributed by atoms with E-state index < -0.39 is 0 Å². The first-order valence-corrected chi connectivity index (χ1v) is 6.54. The lowest BCUT2D eigenvalue weighted by atomic mass is 10.1. The Labute approximate surface area is 100 Å². The van der Waals surface area contributed by atoms with Gasteiger partial charge in [-0.2, -0.15) is 0 Å². The minimum absolute atomic E-state index is 0.514. The molecule has 88 valence electrons. The predicted molar refractivity (Wildman–Crippen MR) is 66.0 cm³/mol. The summed E-state index contributed by atoms with van der Waals surface area (Å²) in [6, 6.07) is 6.95. The Morgan fingerprint density at radius 2 is 2.18 bits per heavy atom. The Kier molecular flexibility index (Phi) is 2.03. The molecule has 1 N–H and O–H groups in total. The van der Waals surface area contributed by atoms with Gasteiger partial charge < -0.3 is 9.73 Å². The molecular formula is C14H16N2O. The van der Waals surface area contributed by atoms with Gasteiger partial charge >= 0.3 is 0 Å². The van der Waals surface area contributed by atoms with Crippen LogP contribution >= 0.6 is 0 Å². The first kappa shape index (κ1) is 9.66. The van der Waals surface area contributed by atoms with Crippen LogP contribution in [0.5, 0.6) is 0 Å². The molecule has 1 aromatic carbocycles. The van der Waals surface area contributed by atoms with Gasteiger partial charge in [0.2, 0.25) is 0 Å². The third-order valence-corrected chi connectivity index (χ3v) is 3.82. The highest BCUT2D eigenvalue weighted by atomic mass is 16.3. The smallest absolute Gasteiger partial charge is 0.198 e. The average molecular weight is 228 g/mol. The molecule has 0 amide bonds. The van der Waals surface area contributed by atoms with E-state index in [0.29, 0.717) is 12.0 Å². The van der Waals surface area contributed by atoms with Gasteiger partial charge in [-0.3, -0.25) is 0 Å². The molecule has 2 aliphatic rings. The minimum Gasteiger partial charge on any atom is -0.440 e. The molecule has 2 heterocycles. The number of hydrogen-bond donors (Lipinski definition) is 1. The molecule has 1 saturated heterocycles. The average Bonchev–Trinajstić information content (AvgIpc) is 2.92. The quantitative estimate of drug-likeness (QED) is 0.858. The maximum atomic E-state index is 5.78. The van der Waals surface area contributed by atoms with Crippen molar-refractivity contribution in [2.45, 2.75) is 37.6 Å². The second kappa shape index (κ2) is 3.57. The fourth-order valence-corrected chi connectivity index (χ4v) is 2.65. The molecule has 3 nitrogen and oxygen atoms in total. The zero-order valence-corrected chi connectivity index (χ0v) is 9.78. The third-order valence-electron chi connectivity index (χ3n) is 3.82. The standard InChI is InChI=1S/C14H16N2O/c1-2-11(15-7-1)10-5-6-13-12(8-10)16-14(17-13)9-3-4-9/h5-6,8-9,11,15H,1-4,7H2. The van der Waals surface area contributed by atoms with Gasteiger partial charge in [-0.25, -0.2) is 4.98 Å². The van der Waals surface area contributed by atoms with Crippen molar-refractivity contribution in [3.05, 3.63) is 29.7 Å². The van der Waals surface area contributed by atoms with E-state index in [1.807, 2.05) is 0 Å². The fraction of sp³-hybridized carbons (Fsp3) is 0.500. The van der Waals surface area contributed by atoms with Gasteiger partial charge in [0.05, 0.1) is 0 Å². The first-order valence-electron chi connectivity index (χ1n) is 6.54. The molecule has 0 spiro atoms. The topological polar surface area (TPSA) is 38.1 Å². The molecule has 3 heteroatoms. The van der Waals surface area contributed by atoms with Gasteiger partial charge in [-0.15, -0.1) is 0 Å². The number of oxazole rings is 1. The van der Waals surface area contributed by atoms with Crippen molar-refractivity contribution in [2.75, 3.05) is 6.54 Å². The monoisotopic (exact) mass is 228 g/mol. The first-order chi connectivity index (χ1) is 8.40. The van der Waals surface area contributed by atoms with Crippen molar-refractivity contribution in [1.29, 1.82) is 0 Å². The van der Waals surface area contributed by atoms with Crippen LogP contribution in [0.4, 0.5) is 0 Å². The Hall–Kier alpha value is -1.35. The molecule has 1 aliphatic carbocycles. The minimum atomic E-state index is 0.514. The maximum absolute atomic E-state index is 5.78. The number of hydrogen-bond acceptors (Lipinski definition) is 3. The number of fused-ring (bicyclic) bond motifs is 1. The summed E-state index contributed by atoms with van der Waals surface area (Å²) in [7, 11) is 0. The summed E-state index contributed by atoms with van der Waals surface area (Å²) in [5.41, 5.74) is 3.32. The molecule has 1 aromatic heterocycles. The Morgan fingerprint density at radius 1 is 1.24 bits per heavy atom. The highest BCUT2D eigenvalue weighted by Gasteiger charge is 2.29. The van der Waals surface area contributed by atoms with Crippen LogP contribution in [0.25, 0.3) is 11.1 Å². The van der Waals surface area contributed by atoms with E-state index >= 15 is 0 Å². The van der Waals surface area contributed by atoms with Gasteiger partial charge in [0.15, 0.2) is 11.5 Å². The Balaban J connectivity index is 1.74. The van der Waals surface area contributed by atoms with Crippen LogP contribution in [0.1, 0.15) is 49.1 Å². The Morgan fingerprint density at radius 3 is 2.94 bits per heavy atom. The molecule has 4 rings (SSSR count). The van der Waals surface area contributed by atoms with E-state index in [2.05, 4.69) is 28.5 Å². The summed E-state index contributed by atoms with van der Waals surface area (Å²) in [5.74, 6) is 1.53. The summed E-state index contributed by atoms with van der Waals surface area (Å²) in [6.45, 7) is 1.13. The van der Waals surface area contributed by atoms with Crippen LogP contribution in [0, 0.1) is 0 Å².